The molecule has 0 spiro atoms. The molecule has 0 aliphatic carbocycles. The maximum atomic E-state index is 14.3. The fraction of sp³-hybridized carbons (Fsp3) is 0.125. The topological polar surface area (TPSA) is 77.0 Å². The lowest BCUT2D eigenvalue weighted by Crippen LogP contribution is -2.07. The molecule has 0 saturated carbocycles. The summed E-state index contributed by atoms with van der Waals surface area (Å²) in [5.74, 6) is 0.00326. The van der Waals surface area contributed by atoms with Crippen LogP contribution in [0.1, 0.15) is 10.9 Å². The molecule has 0 bridgehead atoms. The van der Waals surface area contributed by atoms with Gasteiger partial charge < -0.3 is 10.1 Å². The van der Waals surface area contributed by atoms with Crippen molar-refractivity contribution >= 4 is 40.9 Å². The third-order valence-corrected chi connectivity index (χ3v) is 4.28. The number of rotatable bonds is 7. The maximum absolute atomic E-state index is 14.3. The molecule has 0 aliphatic heterocycles. The van der Waals surface area contributed by atoms with Crippen molar-refractivity contribution in [3.63, 3.8) is 0 Å². The Balaban J connectivity index is 1.83. The number of thiazole rings is 1. The molecule has 9 heteroatoms. The maximum Gasteiger partial charge on any atom is 0.293 e. The lowest BCUT2D eigenvalue weighted by molar-refractivity contribution is -0.128. The summed E-state index contributed by atoms with van der Waals surface area (Å²) < 4.78 is 19.0. The number of aromatic nitrogens is 3. The van der Waals surface area contributed by atoms with Crippen LogP contribution >= 0.6 is 22.9 Å². The van der Waals surface area contributed by atoms with Crippen LogP contribution in [0.5, 0.6) is 0 Å². The molecule has 1 atom stereocenters. The summed E-state index contributed by atoms with van der Waals surface area (Å²) in [5.41, 5.74) is 3.69. The van der Waals surface area contributed by atoms with Crippen molar-refractivity contribution in [1.29, 1.82) is 0 Å². The van der Waals surface area contributed by atoms with Crippen molar-refractivity contribution in [3.05, 3.63) is 53.0 Å². The summed E-state index contributed by atoms with van der Waals surface area (Å²) in [6.45, 7) is 0.295. The van der Waals surface area contributed by atoms with Crippen LogP contribution in [0.25, 0.3) is 11.3 Å². The summed E-state index contributed by atoms with van der Waals surface area (Å²) in [6, 6.07) is 4.71. The minimum absolute atomic E-state index is 0.0236. The highest BCUT2D eigenvalue weighted by atomic mass is 35.5. The predicted molar refractivity (Wildman–Crippen MR) is 93.4 cm³/mol. The zero-order valence-corrected chi connectivity index (χ0v) is 14.3. The number of hydrogen-bond acceptors (Lipinski definition) is 7. The van der Waals surface area contributed by atoms with Crippen LogP contribution in [0.2, 0.25) is 0 Å². The molecule has 0 fully saturated rings. The van der Waals surface area contributed by atoms with Gasteiger partial charge in [0.05, 0.1) is 16.6 Å². The van der Waals surface area contributed by atoms with E-state index in [0.29, 0.717) is 34.8 Å². The van der Waals surface area contributed by atoms with E-state index in [4.69, 9.17) is 11.6 Å². The van der Waals surface area contributed by atoms with Gasteiger partial charge in [0.2, 0.25) is 0 Å². The number of anilines is 2. The van der Waals surface area contributed by atoms with Gasteiger partial charge in [-0.25, -0.2) is 19.3 Å². The van der Waals surface area contributed by atoms with Gasteiger partial charge in [-0.3, -0.25) is 4.79 Å². The number of carbonyl (C=O) groups is 1. The van der Waals surface area contributed by atoms with E-state index in [-0.39, 0.29) is 6.61 Å². The Labute approximate surface area is 151 Å². The van der Waals surface area contributed by atoms with Gasteiger partial charge in [0.1, 0.15) is 24.6 Å². The molecule has 2 aromatic heterocycles. The molecule has 0 saturated heterocycles. The molecular formula is C16H12ClFN4O2S. The van der Waals surface area contributed by atoms with Gasteiger partial charge in [-0.05, 0) is 18.2 Å². The first-order chi connectivity index (χ1) is 12.2. The van der Waals surface area contributed by atoms with E-state index in [9.17, 15) is 9.18 Å². The first-order valence-corrected chi connectivity index (χ1v) is 8.51. The highest BCUT2D eigenvalue weighted by molar-refractivity contribution is 7.07. The van der Waals surface area contributed by atoms with Gasteiger partial charge in [-0.2, -0.15) is 0 Å². The van der Waals surface area contributed by atoms with E-state index in [1.807, 2.05) is 0 Å². The van der Waals surface area contributed by atoms with E-state index in [1.165, 1.54) is 29.9 Å². The molecule has 0 aliphatic rings. The molecule has 3 rings (SSSR count). The Kier molecular flexibility index (Phi) is 5.52. The van der Waals surface area contributed by atoms with Crippen LogP contribution in [0.15, 0.2) is 41.6 Å². The van der Waals surface area contributed by atoms with Crippen molar-refractivity contribution in [1.82, 2.24) is 15.0 Å². The van der Waals surface area contributed by atoms with Crippen molar-refractivity contribution in [2.24, 2.45) is 0 Å². The molecule has 1 N–H and O–H groups in total. The summed E-state index contributed by atoms with van der Waals surface area (Å²) in [4.78, 5) is 22.5. The minimum atomic E-state index is -0.631. The van der Waals surface area contributed by atoms with Crippen molar-refractivity contribution in [3.8, 4) is 11.3 Å². The van der Waals surface area contributed by atoms with Gasteiger partial charge in [0, 0.05) is 28.4 Å². The standard InChI is InChI=1S/C16H12ClFN4O2S/c17-13(5-24-9-23)12-4-19-7-20-16(12)22-10-1-2-11(14(18)3-10)15-6-25-8-21-15/h1-4,6-9,13H,5H2,(H,19,20,22). The Hall–Kier alpha value is -2.58. The van der Waals surface area contributed by atoms with E-state index in [1.54, 1.807) is 23.0 Å². The van der Waals surface area contributed by atoms with E-state index in [0.717, 1.165) is 0 Å². The van der Waals surface area contributed by atoms with Gasteiger partial charge >= 0.3 is 0 Å². The second-order valence-electron chi connectivity index (χ2n) is 4.92. The van der Waals surface area contributed by atoms with E-state index >= 15 is 0 Å². The number of alkyl halides is 1. The van der Waals surface area contributed by atoms with Crippen LogP contribution < -0.4 is 5.32 Å². The molecule has 1 aromatic carbocycles. The quantitative estimate of drug-likeness (QED) is 0.495. The minimum Gasteiger partial charge on any atom is -0.466 e. The van der Waals surface area contributed by atoms with Crippen molar-refractivity contribution < 1.29 is 13.9 Å². The van der Waals surface area contributed by atoms with Gasteiger partial charge in [-0.1, -0.05) is 0 Å². The summed E-state index contributed by atoms with van der Waals surface area (Å²) in [7, 11) is 0. The molecule has 25 heavy (non-hydrogen) atoms. The number of hydrogen-bond donors (Lipinski definition) is 1. The normalized spacial score (nSPS) is 11.8. The fourth-order valence-electron chi connectivity index (χ4n) is 2.17. The third-order valence-electron chi connectivity index (χ3n) is 3.33. The number of ether oxygens (including phenoxy) is 1. The zero-order valence-electron chi connectivity index (χ0n) is 12.7. The Morgan fingerprint density at radius 1 is 1.40 bits per heavy atom. The molecular weight excluding hydrogens is 367 g/mol. The van der Waals surface area contributed by atoms with Crippen LogP contribution in [-0.4, -0.2) is 28.0 Å². The number of carbonyl (C=O) groups excluding carboxylic acids is 1. The van der Waals surface area contributed by atoms with Crippen LogP contribution in [0.4, 0.5) is 15.9 Å². The lowest BCUT2D eigenvalue weighted by atomic mass is 10.1. The summed E-state index contributed by atoms with van der Waals surface area (Å²) in [5, 5.41) is 4.15. The smallest absolute Gasteiger partial charge is 0.293 e. The SMILES string of the molecule is O=COCC(Cl)c1cncnc1Nc1ccc(-c2cscn2)c(F)c1. The number of benzene rings is 1. The Morgan fingerprint density at radius 2 is 2.28 bits per heavy atom. The lowest BCUT2D eigenvalue weighted by Gasteiger charge is -2.14. The highest BCUT2D eigenvalue weighted by Crippen LogP contribution is 2.30. The number of halogens is 2. The second-order valence-corrected chi connectivity index (χ2v) is 6.16. The third kappa shape index (κ3) is 4.09. The zero-order chi connectivity index (χ0) is 17.6. The van der Waals surface area contributed by atoms with Crippen LogP contribution in [0.3, 0.4) is 0 Å². The van der Waals surface area contributed by atoms with E-state index < -0.39 is 11.2 Å². The first kappa shape index (κ1) is 17.2. The summed E-state index contributed by atoms with van der Waals surface area (Å²) >= 11 is 7.60. The van der Waals surface area contributed by atoms with Crippen LogP contribution in [-0.2, 0) is 9.53 Å². The largest absolute Gasteiger partial charge is 0.466 e. The molecule has 128 valence electrons. The predicted octanol–water partition coefficient (Wildman–Crippen LogP) is 3.94. The Morgan fingerprint density at radius 3 is 3.00 bits per heavy atom. The van der Waals surface area contributed by atoms with Crippen molar-refractivity contribution in [2.45, 2.75) is 5.38 Å². The van der Waals surface area contributed by atoms with Gasteiger partial charge in [-0.15, -0.1) is 22.9 Å². The fourth-order valence-corrected chi connectivity index (χ4v) is 2.95. The van der Waals surface area contributed by atoms with Crippen molar-refractivity contribution in [2.75, 3.05) is 11.9 Å². The van der Waals surface area contributed by atoms with Gasteiger partial charge in [0.15, 0.2) is 0 Å². The molecule has 3 aromatic rings. The molecule has 0 radical (unpaired) electrons. The van der Waals surface area contributed by atoms with E-state index in [2.05, 4.69) is 25.0 Å². The molecule has 0 amide bonds. The number of nitrogens with one attached hydrogen (secondary N) is 1. The second kappa shape index (κ2) is 8.00. The molecule has 1 unspecified atom stereocenters. The first-order valence-electron chi connectivity index (χ1n) is 7.13. The van der Waals surface area contributed by atoms with Crippen LogP contribution in [0, 0.1) is 5.82 Å². The number of nitrogens with zero attached hydrogens (tertiary/aromatic N) is 3. The highest BCUT2D eigenvalue weighted by Gasteiger charge is 2.16. The average molecular weight is 379 g/mol. The molecule has 2 heterocycles. The monoisotopic (exact) mass is 378 g/mol. The molecule has 6 nitrogen and oxygen atoms in total. The summed E-state index contributed by atoms with van der Waals surface area (Å²) in [6.07, 6.45) is 2.86. The Bertz CT molecular complexity index is 863. The average Bonchev–Trinajstić information content (AvgIpc) is 3.14. The van der Waals surface area contributed by atoms with Gasteiger partial charge in [0.25, 0.3) is 6.47 Å².